The van der Waals surface area contributed by atoms with E-state index in [0.29, 0.717) is 25.1 Å². The Morgan fingerprint density at radius 2 is 2.00 bits per heavy atom. The van der Waals surface area contributed by atoms with Crippen LogP contribution >= 0.6 is 0 Å². The number of nitrogens with zero attached hydrogens (tertiary/aromatic N) is 3. The summed E-state index contributed by atoms with van der Waals surface area (Å²) in [5.41, 5.74) is 1.69. The first-order valence-electron chi connectivity index (χ1n) is 8.72. The van der Waals surface area contributed by atoms with E-state index in [1.54, 1.807) is 17.1 Å². The van der Waals surface area contributed by atoms with Crippen molar-refractivity contribution in [2.75, 3.05) is 6.54 Å². The summed E-state index contributed by atoms with van der Waals surface area (Å²) in [6.45, 7) is 1.31. The van der Waals surface area contributed by atoms with Gasteiger partial charge in [0.1, 0.15) is 0 Å². The third kappa shape index (κ3) is 4.47. The van der Waals surface area contributed by atoms with E-state index in [0.717, 1.165) is 24.8 Å². The highest BCUT2D eigenvalue weighted by molar-refractivity contribution is 5.94. The molecule has 1 aromatic heterocycles. The highest BCUT2D eigenvalue weighted by atomic mass is 16.4. The van der Waals surface area contributed by atoms with Gasteiger partial charge in [-0.2, -0.15) is 5.10 Å². The molecule has 2 heterocycles. The van der Waals surface area contributed by atoms with Gasteiger partial charge in [0.2, 0.25) is 0 Å². The van der Waals surface area contributed by atoms with Crippen LogP contribution in [0.3, 0.4) is 0 Å². The Morgan fingerprint density at radius 1 is 1.20 bits per heavy atom. The second kappa shape index (κ2) is 7.96. The Kier molecular flexibility index (Phi) is 5.48. The summed E-state index contributed by atoms with van der Waals surface area (Å²) in [6, 6.07) is 9.98. The maximum atomic E-state index is 12.8. The van der Waals surface area contributed by atoms with Gasteiger partial charge in [-0.15, -0.1) is 0 Å². The van der Waals surface area contributed by atoms with Crippen LogP contribution in [0.4, 0.5) is 0 Å². The second-order valence-electron chi connectivity index (χ2n) is 6.49. The molecule has 0 saturated carbocycles. The molecule has 6 heteroatoms. The van der Waals surface area contributed by atoms with E-state index < -0.39 is 5.97 Å². The van der Waals surface area contributed by atoms with Gasteiger partial charge in [-0.25, -0.2) is 0 Å². The average Bonchev–Trinajstić information content (AvgIpc) is 3.09. The minimum Gasteiger partial charge on any atom is -0.481 e. The fourth-order valence-corrected chi connectivity index (χ4v) is 3.35. The van der Waals surface area contributed by atoms with Crippen LogP contribution in [0.25, 0.3) is 0 Å². The number of aromatic nitrogens is 2. The van der Waals surface area contributed by atoms with Gasteiger partial charge in [0.05, 0.1) is 18.3 Å². The topological polar surface area (TPSA) is 75.4 Å². The van der Waals surface area contributed by atoms with Crippen LogP contribution in [-0.2, 0) is 11.3 Å². The Hall–Kier alpha value is -2.63. The van der Waals surface area contributed by atoms with Crippen molar-refractivity contribution in [1.82, 2.24) is 14.7 Å². The highest BCUT2D eigenvalue weighted by Gasteiger charge is 2.28. The molecule has 3 rings (SSSR count). The van der Waals surface area contributed by atoms with Crippen molar-refractivity contribution in [1.29, 1.82) is 0 Å². The number of likely N-dealkylation sites (tertiary alicyclic amines) is 1. The molecule has 0 aliphatic carbocycles. The van der Waals surface area contributed by atoms with Gasteiger partial charge < -0.3 is 10.0 Å². The molecule has 1 saturated heterocycles. The SMILES string of the molecule is O=C(O)CC[C@@H]1CCCCN1C(=O)c1cnn(Cc2ccccc2)c1. The predicted molar refractivity (Wildman–Crippen MR) is 93.3 cm³/mol. The van der Waals surface area contributed by atoms with E-state index >= 15 is 0 Å². The largest absolute Gasteiger partial charge is 0.481 e. The van der Waals surface area contributed by atoms with Gasteiger partial charge in [-0.3, -0.25) is 14.3 Å². The normalized spacial score (nSPS) is 17.4. The van der Waals surface area contributed by atoms with Crippen LogP contribution < -0.4 is 0 Å². The molecule has 0 bridgehead atoms. The lowest BCUT2D eigenvalue weighted by atomic mass is 9.97. The fourth-order valence-electron chi connectivity index (χ4n) is 3.35. The molecule has 1 aliphatic heterocycles. The van der Waals surface area contributed by atoms with Gasteiger partial charge in [0.25, 0.3) is 5.91 Å². The lowest BCUT2D eigenvalue weighted by molar-refractivity contribution is -0.137. The van der Waals surface area contributed by atoms with Crippen molar-refractivity contribution in [2.24, 2.45) is 0 Å². The Balaban J connectivity index is 1.68. The quantitative estimate of drug-likeness (QED) is 0.876. The Bertz CT molecular complexity index is 727. The number of hydrogen-bond acceptors (Lipinski definition) is 3. The molecule has 1 fully saturated rings. The van der Waals surface area contributed by atoms with Crippen molar-refractivity contribution in [2.45, 2.75) is 44.7 Å². The van der Waals surface area contributed by atoms with Crippen LogP contribution in [0.5, 0.6) is 0 Å². The second-order valence-corrected chi connectivity index (χ2v) is 6.49. The van der Waals surface area contributed by atoms with Gasteiger partial charge in [0, 0.05) is 25.2 Å². The van der Waals surface area contributed by atoms with Crippen LogP contribution in [-0.4, -0.2) is 44.3 Å². The molecule has 1 amide bonds. The maximum Gasteiger partial charge on any atom is 0.303 e. The predicted octanol–water partition coefficient (Wildman–Crippen LogP) is 2.79. The summed E-state index contributed by atoms with van der Waals surface area (Å²) in [5.74, 6) is -0.858. The summed E-state index contributed by atoms with van der Waals surface area (Å²) in [7, 11) is 0. The summed E-state index contributed by atoms with van der Waals surface area (Å²) in [6.07, 6.45) is 6.87. The first-order chi connectivity index (χ1) is 12.1. The van der Waals surface area contributed by atoms with E-state index in [1.165, 1.54) is 0 Å². The van der Waals surface area contributed by atoms with Crippen LogP contribution in [0, 0.1) is 0 Å². The molecule has 25 heavy (non-hydrogen) atoms. The van der Waals surface area contributed by atoms with Crippen molar-refractivity contribution in [3.05, 3.63) is 53.9 Å². The molecule has 1 aromatic carbocycles. The molecular formula is C19H23N3O3. The molecule has 1 N–H and O–H groups in total. The monoisotopic (exact) mass is 341 g/mol. The number of amides is 1. The molecule has 1 aliphatic rings. The first-order valence-corrected chi connectivity index (χ1v) is 8.72. The number of piperidine rings is 1. The van der Waals surface area contributed by atoms with Crippen LogP contribution in [0.2, 0.25) is 0 Å². The van der Waals surface area contributed by atoms with Crippen LogP contribution in [0.15, 0.2) is 42.7 Å². The lowest BCUT2D eigenvalue weighted by Gasteiger charge is -2.35. The van der Waals surface area contributed by atoms with E-state index in [9.17, 15) is 9.59 Å². The van der Waals surface area contributed by atoms with Gasteiger partial charge in [-0.05, 0) is 31.2 Å². The minimum absolute atomic E-state index is 0.00910. The number of carboxylic acids is 1. The number of carboxylic acid groups (broad SMARTS) is 1. The summed E-state index contributed by atoms with van der Waals surface area (Å²) in [4.78, 5) is 25.5. The first kappa shape index (κ1) is 17.2. The molecular weight excluding hydrogens is 318 g/mol. The molecule has 0 unspecified atom stereocenters. The molecule has 2 aromatic rings. The summed E-state index contributed by atoms with van der Waals surface area (Å²) in [5, 5.41) is 13.2. The van der Waals surface area contributed by atoms with E-state index in [4.69, 9.17) is 5.11 Å². The minimum atomic E-state index is -0.811. The number of aliphatic carboxylic acids is 1. The van der Waals surface area contributed by atoms with Gasteiger partial charge in [-0.1, -0.05) is 30.3 Å². The fraction of sp³-hybridized carbons (Fsp3) is 0.421. The molecule has 0 radical (unpaired) electrons. The summed E-state index contributed by atoms with van der Waals surface area (Å²) >= 11 is 0. The molecule has 6 nitrogen and oxygen atoms in total. The zero-order valence-corrected chi connectivity index (χ0v) is 14.2. The van der Waals surface area contributed by atoms with E-state index in [2.05, 4.69) is 5.10 Å². The van der Waals surface area contributed by atoms with Crippen LogP contribution in [0.1, 0.15) is 48.0 Å². The third-order valence-corrected chi connectivity index (χ3v) is 4.65. The molecule has 0 spiro atoms. The zero-order chi connectivity index (χ0) is 17.6. The standard InChI is InChI=1S/C19H23N3O3/c23-18(24)10-9-17-8-4-5-11-22(17)19(25)16-12-20-21(14-16)13-15-6-2-1-3-7-15/h1-3,6-7,12,14,17H,4-5,8-11,13H2,(H,23,24)/t17-/m0/s1. The maximum absolute atomic E-state index is 12.8. The zero-order valence-electron chi connectivity index (χ0n) is 14.2. The van der Waals surface area contributed by atoms with Gasteiger partial charge in [0.15, 0.2) is 0 Å². The number of benzene rings is 1. The van der Waals surface area contributed by atoms with Crippen molar-refractivity contribution >= 4 is 11.9 Å². The number of rotatable bonds is 6. The van der Waals surface area contributed by atoms with E-state index in [-0.39, 0.29) is 18.4 Å². The Labute approximate surface area is 147 Å². The lowest BCUT2D eigenvalue weighted by Crippen LogP contribution is -2.43. The van der Waals surface area contributed by atoms with Gasteiger partial charge >= 0.3 is 5.97 Å². The van der Waals surface area contributed by atoms with Crippen molar-refractivity contribution in [3.8, 4) is 0 Å². The highest BCUT2D eigenvalue weighted by Crippen LogP contribution is 2.23. The smallest absolute Gasteiger partial charge is 0.303 e. The average molecular weight is 341 g/mol. The van der Waals surface area contributed by atoms with E-state index in [1.807, 2.05) is 35.2 Å². The molecule has 1 atom stereocenters. The molecule has 132 valence electrons. The third-order valence-electron chi connectivity index (χ3n) is 4.65. The number of carbonyl (C=O) groups is 2. The Morgan fingerprint density at radius 3 is 2.76 bits per heavy atom. The summed E-state index contributed by atoms with van der Waals surface area (Å²) < 4.78 is 1.76. The number of hydrogen-bond donors (Lipinski definition) is 1. The van der Waals surface area contributed by atoms with Crippen molar-refractivity contribution in [3.63, 3.8) is 0 Å². The van der Waals surface area contributed by atoms with Crippen molar-refractivity contribution < 1.29 is 14.7 Å². The number of carbonyl (C=O) groups excluding carboxylic acids is 1.